The predicted molar refractivity (Wildman–Crippen MR) is 118 cm³/mol. The van der Waals surface area contributed by atoms with Crippen LogP contribution in [0.25, 0.3) is 0 Å². The normalized spacial score (nSPS) is 14.0. The number of pyridine rings is 1. The summed E-state index contributed by atoms with van der Waals surface area (Å²) in [6.45, 7) is 3.71. The van der Waals surface area contributed by atoms with Crippen LogP contribution >= 0.6 is 0 Å². The van der Waals surface area contributed by atoms with Gasteiger partial charge in [-0.15, -0.1) is 0 Å². The van der Waals surface area contributed by atoms with E-state index in [1.807, 2.05) is 55.5 Å². The highest BCUT2D eigenvalue weighted by Gasteiger charge is 2.19. The Labute approximate surface area is 181 Å². The Kier molecular flexibility index (Phi) is 6.01. The molecular weight excluding hydrogens is 412 g/mol. The number of rotatable bonds is 6. The average molecular weight is 438 g/mol. The third-order valence-electron chi connectivity index (χ3n) is 5.34. The summed E-state index contributed by atoms with van der Waals surface area (Å²) in [7, 11) is -3.53. The van der Waals surface area contributed by atoms with Crippen LogP contribution in [-0.4, -0.2) is 19.4 Å². The molecule has 1 aliphatic heterocycles. The van der Waals surface area contributed by atoms with Crippen LogP contribution in [0.1, 0.15) is 35.2 Å². The van der Waals surface area contributed by atoms with Gasteiger partial charge in [0.05, 0.1) is 16.7 Å². The first-order valence-electron chi connectivity index (χ1n) is 10.1. The molecule has 8 heteroatoms. The number of fused-ring (bicyclic) bond motifs is 1. The predicted octanol–water partition coefficient (Wildman–Crippen LogP) is 2.52. The van der Waals surface area contributed by atoms with Crippen LogP contribution in [-0.2, 0) is 28.7 Å². The number of hydrogen-bond acceptors (Lipinski definition) is 4. The number of anilines is 1. The molecule has 0 saturated carbocycles. The van der Waals surface area contributed by atoms with E-state index in [0.29, 0.717) is 0 Å². The smallest absolute Gasteiger partial charge is 0.320 e. The standard InChI is InChI=1S/C23H24N4O3S/c1-16(18-5-3-2-4-6-18)26-23(28)27-22-10-9-21(14-25-22)31(29,30)15-17-7-8-19-12-24-13-20(19)11-17/h2-11,14,16,24H,12-13,15H2,1H3,(H2,25,26,27,28)/p+1. The second-order valence-electron chi connectivity index (χ2n) is 7.67. The minimum atomic E-state index is -3.53. The molecule has 2 aromatic carbocycles. The van der Waals surface area contributed by atoms with Crippen molar-refractivity contribution in [3.8, 4) is 0 Å². The maximum atomic E-state index is 12.8. The Morgan fingerprint density at radius 1 is 1.06 bits per heavy atom. The third-order valence-corrected chi connectivity index (χ3v) is 7.01. The summed E-state index contributed by atoms with van der Waals surface area (Å²) in [6.07, 6.45) is 1.28. The number of carbonyl (C=O) groups excluding carboxylic acids is 1. The molecule has 31 heavy (non-hydrogen) atoms. The second-order valence-corrected chi connectivity index (χ2v) is 9.66. The molecule has 0 saturated heterocycles. The lowest BCUT2D eigenvalue weighted by Crippen LogP contribution is -2.77. The van der Waals surface area contributed by atoms with Crippen LogP contribution in [0, 0.1) is 0 Å². The molecule has 3 aromatic rings. The topological polar surface area (TPSA) is 105 Å². The van der Waals surface area contributed by atoms with Gasteiger partial charge < -0.3 is 10.6 Å². The molecule has 2 heterocycles. The van der Waals surface area contributed by atoms with Gasteiger partial charge in [-0.05, 0) is 36.2 Å². The highest BCUT2D eigenvalue weighted by molar-refractivity contribution is 7.90. The molecule has 4 N–H and O–H groups in total. The fraction of sp³-hybridized carbons (Fsp3) is 0.217. The number of nitrogens with two attached hydrogens (primary N) is 1. The number of hydrogen-bond donors (Lipinski definition) is 3. The summed E-state index contributed by atoms with van der Waals surface area (Å²) in [4.78, 5) is 16.5. The largest absolute Gasteiger partial charge is 0.339 e. The van der Waals surface area contributed by atoms with Gasteiger partial charge in [-0.2, -0.15) is 0 Å². The zero-order valence-electron chi connectivity index (χ0n) is 17.2. The molecule has 0 aliphatic carbocycles. The number of urea groups is 1. The number of benzene rings is 2. The Balaban J connectivity index is 1.38. The zero-order chi connectivity index (χ0) is 21.8. The number of aromatic nitrogens is 1. The van der Waals surface area contributed by atoms with E-state index >= 15 is 0 Å². The van der Waals surface area contributed by atoms with Crippen molar-refractivity contribution in [1.82, 2.24) is 10.3 Å². The van der Waals surface area contributed by atoms with Crippen molar-refractivity contribution in [2.24, 2.45) is 0 Å². The van der Waals surface area contributed by atoms with E-state index in [9.17, 15) is 13.2 Å². The lowest BCUT2D eigenvalue weighted by atomic mass is 10.1. The third kappa shape index (κ3) is 5.10. The number of sulfone groups is 1. The van der Waals surface area contributed by atoms with Gasteiger partial charge in [0.2, 0.25) is 0 Å². The van der Waals surface area contributed by atoms with Gasteiger partial charge >= 0.3 is 6.03 Å². The van der Waals surface area contributed by atoms with Gasteiger partial charge in [-0.1, -0.05) is 42.5 Å². The molecule has 2 amide bonds. The van der Waals surface area contributed by atoms with Crippen LogP contribution in [0.4, 0.5) is 10.6 Å². The number of carbonyl (C=O) groups is 1. The molecule has 0 spiro atoms. The number of quaternary nitrogens is 1. The van der Waals surface area contributed by atoms with Crippen LogP contribution in [0.3, 0.4) is 0 Å². The van der Waals surface area contributed by atoms with Crippen molar-refractivity contribution in [2.75, 3.05) is 5.32 Å². The molecule has 1 atom stereocenters. The van der Waals surface area contributed by atoms with Crippen molar-refractivity contribution in [3.05, 3.63) is 89.1 Å². The van der Waals surface area contributed by atoms with Crippen LogP contribution in [0.5, 0.6) is 0 Å². The molecule has 1 aliphatic rings. The molecule has 0 radical (unpaired) electrons. The molecule has 0 fully saturated rings. The van der Waals surface area contributed by atoms with Gasteiger partial charge in [0.1, 0.15) is 18.9 Å². The zero-order valence-corrected chi connectivity index (χ0v) is 18.0. The first kappa shape index (κ1) is 21.0. The van der Waals surface area contributed by atoms with E-state index in [2.05, 4.69) is 20.9 Å². The summed E-state index contributed by atoms with van der Waals surface area (Å²) < 4.78 is 25.6. The van der Waals surface area contributed by atoms with Crippen molar-refractivity contribution < 1.29 is 18.5 Å². The van der Waals surface area contributed by atoms with E-state index in [0.717, 1.165) is 24.2 Å². The van der Waals surface area contributed by atoms with E-state index in [-0.39, 0.29) is 22.5 Å². The molecule has 7 nitrogen and oxygen atoms in total. The lowest BCUT2D eigenvalue weighted by molar-refractivity contribution is -0.676. The van der Waals surface area contributed by atoms with E-state index in [1.165, 1.54) is 29.5 Å². The average Bonchev–Trinajstić information content (AvgIpc) is 3.22. The lowest BCUT2D eigenvalue weighted by Gasteiger charge is -2.14. The van der Waals surface area contributed by atoms with Gasteiger partial charge in [-0.25, -0.2) is 18.2 Å². The maximum Gasteiger partial charge on any atom is 0.320 e. The maximum absolute atomic E-state index is 12.8. The SMILES string of the molecule is CC(NC(=O)Nc1ccc(S(=O)(=O)Cc2ccc3c(c2)C[NH2+]C3)cn1)c1ccccc1. The first-order chi connectivity index (χ1) is 14.9. The minimum absolute atomic E-state index is 0.0796. The number of amides is 2. The summed E-state index contributed by atoms with van der Waals surface area (Å²) in [5.74, 6) is 0.203. The summed E-state index contributed by atoms with van der Waals surface area (Å²) >= 11 is 0. The molecule has 1 aromatic heterocycles. The highest BCUT2D eigenvalue weighted by atomic mass is 32.2. The van der Waals surface area contributed by atoms with E-state index in [4.69, 9.17) is 0 Å². The number of nitrogens with zero attached hydrogens (tertiary/aromatic N) is 1. The van der Waals surface area contributed by atoms with Crippen molar-refractivity contribution in [1.29, 1.82) is 0 Å². The van der Waals surface area contributed by atoms with Gasteiger partial charge in [0.25, 0.3) is 0 Å². The minimum Gasteiger partial charge on any atom is -0.339 e. The fourth-order valence-electron chi connectivity index (χ4n) is 3.66. The van der Waals surface area contributed by atoms with Gasteiger partial charge in [-0.3, -0.25) is 5.32 Å². The summed E-state index contributed by atoms with van der Waals surface area (Å²) in [5, 5.41) is 7.66. The number of nitrogens with one attached hydrogen (secondary N) is 2. The van der Waals surface area contributed by atoms with Crippen LogP contribution in [0.2, 0.25) is 0 Å². The summed E-state index contributed by atoms with van der Waals surface area (Å²) in [6, 6.07) is 17.8. The Bertz CT molecular complexity index is 1180. The van der Waals surface area contributed by atoms with Gasteiger partial charge in [0, 0.05) is 17.3 Å². The highest BCUT2D eigenvalue weighted by Crippen LogP contribution is 2.20. The Hall–Kier alpha value is -3.23. The Morgan fingerprint density at radius 2 is 1.84 bits per heavy atom. The monoisotopic (exact) mass is 437 g/mol. The molecular formula is C23H25N4O3S+. The van der Waals surface area contributed by atoms with Crippen molar-refractivity contribution in [2.45, 2.75) is 36.7 Å². The van der Waals surface area contributed by atoms with Crippen molar-refractivity contribution in [3.63, 3.8) is 0 Å². The first-order valence-corrected chi connectivity index (χ1v) is 11.8. The Morgan fingerprint density at radius 3 is 2.58 bits per heavy atom. The molecule has 0 bridgehead atoms. The van der Waals surface area contributed by atoms with Gasteiger partial charge in [0.15, 0.2) is 9.84 Å². The molecule has 4 rings (SSSR count). The van der Waals surface area contributed by atoms with Crippen LogP contribution < -0.4 is 16.0 Å². The van der Waals surface area contributed by atoms with E-state index < -0.39 is 15.9 Å². The quantitative estimate of drug-likeness (QED) is 0.551. The van der Waals surface area contributed by atoms with Crippen LogP contribution in [0.15, 0.2) is 71.8 Å². The fourth-order valence-corrected chi connectivity index (χ4v) is 4.93. The molecule has 1 unspecified atom stereocenters. The molecule has 160 valence electrons. The summed E-state index contributed by atoms with van der Waals surface area (Å²) in [5.41, 5.74) is 4.21. The van der Waals surface area contributed by atoms with Crippen molar-refractivity contribution >= 4 is 21.7 Å². The second kappa shape index (κ2) is 8.87. The van der Waals surface area contributed by atoms with E-state index in [1.54, 1.807) is 0 Å².